The normalized spacial score (nSPS) is 24.1. The zero-order valence-corrected chi connectivity index (χ0v) is 20.5. The Hall–Kier alpha value is -2.45. The summed E-state index contributed by atoms with van der Waals surface area (Å²) in [5, 5.41) is 11.6. The SMILES string of the molecule is O=C(CCc1cn2ccc(Cl)cc2n1)[C@@H]1CC[C@@H](CC(=O)[C@H]2C[C@@H](O)c3cc(Cl)ccc3O2)CO1. The molecule has 7 nitrogen and oxygen atoms in total. The lowest BCUT2D eigenvalue weighted by Crippen LogP contribution is -2.37. The van der Waals surface area contributed by atoms with Gasteiger partial charge in [0.15, 0.2) is 17.7 Å². The van der Waals surface area contributed by atoms with Crippen LogP contribution in [0.3, 0.4) is 0 Å². The Kier molecular flexibility index (Phi) is 7.12. The largest absolute Gasteiger partial charge is 0.482 e. The highest BCUT2D eigenvalue weighted by atomic mass is 35.5. The average Bonchev–Trinajstić information content (AvgIpc) is 3.25. The van der Waals surface area contributed by atoms with Gasteiger partial charge in [-0.05, 0) is 55.5 Å². The first kappa shape index (κ1) is 24.3. The van der Waals surface area contributed by atoms with E-state index in [1.165, 1.54) is 0 Å². The minimum atomic E-state index is -0.791. The molecular weight excluding hydrogens is 491 g/mol. The molecule has 1 N–H and O–H groups in total. The zero-order valence-electron chi connectivity index (χ0n) is 19.0. The Morgan fingerprint density at radius 1 is 1.09 bits per heavy atom. The number of aliphatic hydroxyl groups is 1. The van der Waals surface area contributed by atoms with Crippen LogP contribution in [-0.2, 0) is 20.7 Å². The van der Waals surface area contributed by atoms with E-state index >= 15 is 0 Å². The second kappa shape index (κ2) is 10.3. The zero-order chi connectivity index (χ0) is 24.5. The first-order valence-corrected chi connectivity index (χ1v) is 12.6. The molecule has 2 aliphatic heterocycles. The number of aryl methyl sites for hydroxylation is 1. The van der Waals surface area contributed by atoms with Gasteiger partial charge in [0.05, 0.1) is 18.4 Å². The molecular formula is C26H26Cl2N2O5. The summed E-state index contributed by atoms with van der Waals surface area (Å²) in [6, 6.07) is 8.60. The van der Waals surface area contributed by atoms with E-state index in [1.807, 2.05) is 16.8 Å². The Morgan fingerprint density at radius 2 is 1.91 bits per heavy atom. The molecule has 4 atom stereocenters. The first-order valence-electron chi connectivity index (χ1n) is 11.8. The number of benzene rings is 1. The Labute approximate surface area is 213 Å². The molecule has 4 heterocycles. The van der Waals surface area contributed by atoms with E-state index in [0.717, 1.165) is 17.8 Å². The Balaban J connectivity index is 1.09. The molecule has 3 aromatic rings. The number of carbonyl (C=O) groups is 2. The van der Waals surface area contributed by atoms with E-state index in [0.29, 0.717) is 53.6 Å². The lowest BCUT2D eigenvalue weighted by molar-refractivity contribution is -0.137. The summed E-state index contributed by atoms with van der Waals surface area (Å²) >= 11 is 12.0. The summed E-state index contributed by atoms with van der Waals surface area (Å²) < 4.78 is 13.6. The number of carbonyl (C=O) groups excluding carboxylic acids is 2. The summed E-state index contributed by atoms with van der Waals surface area (Å²) in [4.78, 5) is 30.1. The molecule has 0 spiro atoms. The van der Waals surface area contributed by atoms with Crippen LogP contribution >= 0.6 is 23.2 Å². The van der Waals surface area contributed by atoms with Crippen molar-refractivity contribution in [1.29, 1.82) is 0 Å². The third-order valence-corrected chi connectivity index (χ3v) is 7.19. The number of aromatic nitrogens is 2. The molecule has 0 amide bonds. The molecule has 35 heavy (non-hydrogen) atoms. The van der Waals surface area contributed by atoms with E-state index < -0.39 is 18.3 Å². The van der Waals surface area contributed by atoms with Crippen molar-refractivity contribution >= 4 is 40.4 Å². The monoisotopic (exact) mass is 516 g/mol. The van der Waals surface area contributed by atoms with Crippen molar-refractivity contribution in [2.75, 3.05) is 6.61 Å². The molecule has 0 unspecified atom stereocenters. The predicted molar refractivity (Wildman–Crippen MR) is 131 cm³/mol. The maximum Gasteiger partial charge on any atom is 0.173 e. The van der Waals surface area contributed by atoms with Crippen molar-refractivity contribution in [2.24, 2.45) is 5.92 Å². The minimum Gasteiger partial charge on any atom is -0.482 e. The van der Waals surface area contributed by atoms with Crippen LogP contribution in [0.1, 0.15) is 49.5 Å². The van der Waals surface area contributed by atoms with Crippen molar-refractivity contribution in [3.8, 4) is 5.75 Å². The second-order valence-corrected chi connectivity index (χ2v) is 10.2. The number of nitrogens with zero attached hydrogens (tertiary/aromatic N) is 2. The molecule has 2 aromatic heterocycles. The number of hydrogen-bond donors (Lipinski definition) is 1. The fraction of sp³-hybridized carbons (Fsp3) is 0.423. The molecule has 1 saturated heterocycles. The van der Waals surface area contributed by atoms with Crippen LogP contribution in [0, 0.1) is 5.92 Å². The maximum atomic E-state index is 12.9. The number of ketones is 2. The lowest BCUT2D eigenvalue weighted by atomic mass is 9.88. The standard InChI is InChI=1S/C26H26Cl2N2O5/c27-16-2-6-23-19(10-16)21(32)12-25(35-23)22(33)9-15-1-5-24(34-14-15)20(31)4-3-18-13-30-8-7-17(28)11-26(30)29-18/h2,6-8,10-11,13,15,21,24-25,32H,1,3-5,9,12,14H2/t15-,21+,24-,25+/m0/s1. The van der Waals surface area contributed by atoms with Gasteiger partial charge in [-0.3, -0.25) is 9.59 Å². The van der Waals surface area contributed by atoms with E-state index in [1.54, 1.807) is 30.3 Å². The second-order valence-electron chi connectivity index (χ2n) is 9.28. The van der Waals surface area contributed by atoms with Gasteiger partial charge in [-0.1, -0.05) is 23.2 Å². The molecule has 1 aromatic carbocycles. The van der Waals surface area contributed by atoms with E-state index in [2.05, 4.69) is 4.98 Å². The van der Waals surface area contributed by atoms with Gasteiger partial charge in [0, 0.05) is 47.3 Å². The Bertz CT molecular complexity index is 1250. The van der Waals surface area contributed by atoms with Crippen molar-refractivity contribution < 1.29 is 24.2 Å². The Morgan fingerprint density at radius 3 is 2.71 bits per heavy atom. The van der Waals surface area contributed by atoms with Gasteiger partial charge in [0.1, 0.15) is 17.5 Å². The van der Waals surface area contributed by atoms with Gasteiger partial charge in [-0.15, -0.1) is 0 Å². The smallest absolute Gasteiger partial charge is 0.173 e. The summed E-state index contributed by atoms with van der Waals surface area (Å²) in [7, 11) is 0. The average molecular weight is 517 g/mol. The van der Waals surface area contributed by atoms with Crippen molar-refractivity contribution in [3.05, 3.63) is 64.0 Å². The number of Topliss-reactive ketones (excluding diaryl/α,β-unsaturated/α-hetero) is 2. The number of fused-ring (bicyclic) bond motifs is 2. The van der Waals surface area contributed by atoms with Crippen LogP contribution < -0.4 is 4.74 Å². The molecule has 2 aliphatic rings. The molecule has 1 fully saturated rings. The van der Waals surface area contributed by atoms with E-state index in [4.69, 9.17) is 32.7 Å². The van der Waals surface area contributed by atoms with Crippen molar-refractivity contribution in [2.45, 2.75) is 56.8 Å². The molecule has 0 aliphatic carbocycles. The number of pyridine rings is 1. The van der Waals surface area contributed by atoms with E-state index in [-0.39, 0.29) is 23.9 Å². The number of hydrogen-bond acceptors (Lipinski definition) is 6. The lowest BCUT2D eigenvalue weighted by Gasteiger charge is -2.31. The van der Waals surface area contributed by atoms with Gasteiger partial charge < -0.3 is 19.0 Å². The van der Waals surface area contributed by atoms with Gasteiger partial charge in [-0.25, -0.2) is 4.98 Å². The highest BCUT2D eigenvalue weighted by Crippen LogP contribution is 2.37. The van der Waals surface area contributed by atoms with Gasteiger partial charge in [-0.2, -0.15) is 0 Å². The molecule has 0 saturated carbocycles. The van der Waals surface area contributed by atoms with Crippen molar-refractivity contribution in [3.63, 3.8) is 0 Å². The van der Waals surface area contributed by atoms with Crippen LogP contribution in [-0.4, -0.2) is 44.9 Å². The summed E-state index contributed by atoms with van der Waals surface area (Å²) in [6.07, 6.45) is 4.52. The van der Waals surface area contributed by atoms with Crippen LogP contribution in [0.4, 0.5) is 0 Å². The first-order chi connectivity index (χ1) is 16.9. The molecule has 5 rings (SSSR count). The molecule has 184 valence electrons. The number of ether oxygens (including phenoxy) is 2. The number of aliphatic hydroxyl groups excluding tert-OH is 1. The quantitative estimate of drug-likeness (QED) is 0.485. The van der Waals surface area contributed by atoms with Crippen LogP contribution in [0.25, 0.3) is 5.65 Å². The third-order valence-electron chi connectivity index (χ3n) is 6.72. The number of imidazole rings is 1. The van der Waals surface area contributed by atoms with Gasteiger partial charge >= 0.3 is 0 Å². The third kappa shape index (κ3) is 5.54. The highest BCUT2D eigenvalue weighted by molar-refractivity contribution is 6.31. The summed E-state index contributed by atoms with van der Waals surface area (Å²) in [5.74, 6) is 0.515. The minimum absolute atomic E-state index is 0.0297. The molecule has 0 radical (unpaired) electrons. The molecule has 9 heteroatoms. The number of rotatable bonds is 7. The topological polar surface area (TPSA) is 90.1 Å². The highest BCUT2D eigenvalue weighted by Gasteiger charge is 2.34. The predicted octanol–water partition coefficient (Wildman–Crippen LogP) is 4.78. The fourth-order valence-corrected chi connectivity index (χ4v) is 5.13. The summed E-state index contributed by atoms with van der Waals surface area (Å²) in [6.45, 7) is 0.358. The van der Waals surface area contributed by atoms with Crippen LogP contribution in [0.15, 0.2) is 42.7 Å². The van der Waals surface area contributed by atoms with Crippen molar-refractivity contribution in [1.82, 2.24) is 9.38 Å². The fourth-order valence-electron chi connectivity index (χ4n) is 4.79. The van der Waals surface area contributed by atoms with Crippen LogP contribution in [0.5, 0.6) is 5.75 Å². The van der Waals surface area contributed by atoms with Gasteiger partial charge in [0.25, 0.3) is 0 Å². The van der Waals surface area contributed by atoms with Crippen LogP contribution in [0.2, 0.25) is 10.0 Å². The summed E-state index contributed by atoms with van der Waals surface area (Å²) in [5.41, 5.74) is 2.19. The maximum absolute atomic E-state index is 12.9. The van der Waals surface area contributed by atoms with Gasteiger partial charge in [0.2, 0.25) is 0 Å². The van der Waals surface area contributed by atoms with E-state index in [9.17, 15) is 14.7 Å². The number of halogens is 2. The molecule has 0 bridgehead atoms.